The zero-order valence-electron chi connectivity index (χ0n) is 8.91. The predicted octanol–water partition coefficient (Wildman–Crippen LogP) is 2.14. The minimum atomic E-state index is -1.16. The van der Waals surface area contributed by atoms with Crippen LogP contribution >= 0.6 is 27.5 Å². The number of halogens is 3. The van der Waals surface area contributed by atoms with Crippen LogP contribution in [0.4, 0.5) is 4.39 Å². The van der Waals surface area contributed by atoms with Crippen molar-refractivity contribution in [2.45, 2.75) is 6.54 Å². The van der Waals surface area contributed by atoms with Crippen LogP contribution in [0.5, 0.6) is 0 Å². The Morgan fingerprint density at radius 2 is 2.11 bits per heavy atom. The highest BCUT2D eigenvalue weighted by molar-refractivity contribution is 9.10. The molecule has 0 saturated heterocycles. The lowest BCUT2D eigenvalue weighted by Crippen LogP contribution is -2.37. The minimum Gasteiger partial charge on any atom is -0.295 e. The van der Waals surface area contributed by atoms with Gasteiger partial charge < -0.3 is 0 Å². The molecular formula is C11H7BrClFN2O2. The van der Waals surface area contributed by atoms with Crippen LogP contribution in [0.25, 0.3) is 0 Å². The Labute approximate surface area is 114 Å². The summed E-state index contributed by atoms with van der Waals surface area (Å²) in [5.41, 5.74) is -1.09. The molecule has 0 spiro atoms. The summed E-state index contributed by atoms with van der Waals surface area (Å²) in [4.78, 5) is 25.2. The Kier molecular flexibility index (Phi) is 3.68. The van der Waals surface area contributed by atoms with Gasteiger partial charge in [0, 0.05) is 4.47 Å². The van der Waals surface area contributed by atoms with Crippen molar-refractivity contribution in [3.63, 3.8) is 0 Å². The van der Waals surface area contributed by atoms with Gasteiger partial charge >= 0.3 is 5.69 Å². The van der Waals surface area contributed by atoms with Gasteiger partial charge in [-0.2, -0.15) is 4.39 Å². The van der Waals surface area contributed by atoms with Gasteiger partial charge in [-0.3, -0.25) is 14.3 Å². The molecule has 0 saturated carbocycles. The number of hydrogen-bond donors (Lipinski definition) is 1. The lowest BCUT2D eigenvalue weighted by molar-refractivity contribution is 0.558. The molecule has 4 nitrogen and oxygen atoms in total. The average Bonchev–Trinajstić information content (AvgIpc) is 2.32. The Morgan fingerprint density at radius 1 is 1.39 bits per heavy atom. The SMILES string of the molecule is O=c1[nH]c(Cl)c(F)c(=O)n1Cc1cccc(Br)c1. The molecule has 2 aromatic rings. The van der Waals surface area contributed by atoms with E-state index in [2.05, 4.69) is 20.9 Å². The van der Waals surface area contributed by atoms with E-state index in [4.69, 9.17) is 11.6 Å². The second kappa shape index (κ2) is 5.07. The maximum absolute atomic E-state index is 13.3. The van der Waals surface area contributed by atoms with Crippen molar-refractivity contribution >= 4 is 27.5 Å². The Morgan fingerprint density at radius 3 is 2.78 bits per heavy atom. The number of nitrogens with one attached hydrogen (secondary N) is 1. The molecule has 0 aliphatic carbocycles. The van der Waals surface area contributed by atoms with Crippen LogP contribution in [0.3, 0.4) is 0 Å². The molecule has 0 unspecified atom stereocenters. The lowest BCUT2D eigenvalue weighted by Gasteiger charge is -2.05. The number of nitrogens with zero attached hydrogens (tertiary/aromatic N) is 1. The van der Waals surface area contributed by atoms with Crippen LogP contribution in [0.15, 0.2) is 38.3 Å². The van der Waals surface area contributed by atoms with E-state index in [1.54, 1.807) is 24.3 Å². The Hall–Kier alpha value is -1.40. The van der Waals surface area contributed by atoms with Gasteiger partial charge in [0.15, 0.2) is 5.15 Å². The second-order valence-electron chi connectivity index (χ2n) is 3.58. The fourth-order valence-corrected chi connectivity index (χ4v) is 2.09. The molecule has 0 amide bonds. The number of H-pyrrole nitrogens is 1. The third-order valence-electron chi connectivity index (χ3n) is 2.32. The lowest BCUT2D eigenvalue weighted by atomic mass is 10.2. The quantitative estimate of drug-likeness (QED) is 0.856. The summed E-state index contributed by atoms with van der Waals surface area (Å²) >= 11 is 8.64. The minimum absolute atomic E-state index is 0.0261. The number of hydrogen-bond acceptors (Lipinski definition) is 2. The first-order chi connectivity index (χ1) is 8.49. The largest absolute Gasteiger partial charge is 0.329 e. The van der Waals surface area contributed by atoms with Crippen molar-refractivity contribution in [3.8, 4) is 0 Å². The third kappa shape index (κ3) is 2.54. The van der Waals surface area contributed by atoms with Gasteiger partial charge in [-0.25, -0.2) is 4.79 Å². The number of benzene rings is 1. The van der Waals surface area contributed by atoms with Gasteiger partial charge in [0.1, 0.15) is 0 Å². The zero-order valence-corrected chi connectivity index (χ0v) is 11.3. The monoisotopic (exact) mass is 332 g/mol. The molecule has 1 aromatic carbocycles. The van der Waals surface area contributed by atoms with Gasteiger partial charge in [0.2, 0.25) is 5.82 Å². The summed E-state index contributed by atoms with van der Waals surface area (Å²) < 4.78 is 14.9. The summed E-state index contributed by atoms with van der Waals surface area (Å²) in [6.45, 7) is -0.0261. The van der Waals surface area contributed by atoms with E-state index in [1.165, 1.54) is 0 Å². The molecule has 0 atom stereocenters. The van der Waals surface area contributed by atoms with Crippen LogP contribution in [0, 0.1) is 5.82 Å². The van der Waals surface area contributed by atoms with E-state index in [0.717, 1.165) is 9.04 Å². The number of aromatic amines is 1. The average molecular weight is 334 g/mol. The van der Waals surface area contributed by atoms with Crippen molar-refractivity contribution in [2.75, 3.05) is 0 Å². The fraction of sp³-hybridized carbons (Fsp3) is 0.0909. The molecular weight excluding hydrogens is 326 g/mol. The first-order valence-corrected chi connectivity index (χ1v) is 6.08. The molecule has 7 heteroatoms. The van der Waals surface area contributed by atoms with Crippen LogP contribution in [-0.4, -0.2) is 9.55 Å². The standard InChI is InChI=1S/C11H7BrClFN2O2/c12-7-3-1-2-6(4-7)5-16-10(17)8(14)9(13)15-11(16)18/h1-4H,5H2,(H,15,18). The van der Waals surface area contributed by atoms with E-state index in [1.807, 2.05) is 0 Å². The molecule has 18 heavy (non-hydrogen) atoms. The Bertz CT molecular complexity index is 711. The molecule has 1 aromatic heterocycles. The highest BCUT2D eigenvalue weighted by Crippen LogP contribution is 2.12. The van der Waals surface area contributed by atoms with Gasteiger partial charge in [-0.1, -0.05) is 39.7 Å². The first-order valence-electron chi connectivity index (χ1n) is 4.91. The van der Waals surface area contributed by atoms with Crippen LogP contribution in [0.2, 0.25) is 5.15 Å². The summed E-state index contributed by atoms with van der Waals surface area (Å²) in [6.07, 6.45) is 0. The van der Waals surface area contributed by atoms with Crippen molar-refractivity contribution < 1.29 is 4.39 Å². The van der Waals surface area contributed by atoms with Crippen molar-refractivity contribution in [3.05, 3.63) is 66.1 Å². The van der Waals surface area contributed by atoms with Crippen molar-refractivity contribution in [2.24, 2.45) is 0 Å². The molecule has 0 radical (unpaired) electrons. The van der Waals surface area contributed by atoms with E-state index < -0.39 is 22.2 Å². The van der Waals surface area contributed by atoms with Gasteiger partial charge in [-0.05, 0) is 17.7 Å². The van der Waals surface area contributed by atoms with Crippen LogP contribution in [0.1, 0.15) is 5.56 Å². The molecule has 1 heterocycles. The Balaban J connectivity index is 2.51. The summed E-state index contributed by atoms with van der Waals surface area (Å²) in [5.74, 6) is -1.16. The molecule has 0 aliphatic rings. The second-order valence-corrected chi connectivity index (χ2v) is 4.87. The third-order valence-corrected chi connectivity index (χ3v) is 3.07. The van der Waals surface area contributed by atoms with Gasteiger partial charge in [0.05, 0.1) is 6.54 Å². The normalized spacial score (nSPS) is 10.6. The zero-order chi connectivity index (χ0) is 13.3. The summed E-state index contributed by atoms with van der Waals surface area (Å²) in [5, 5.41) is -0.574. The summed E-state index contributed by atoms with van der Waals surface area (Å²) in [6, 6.07) is 7.02. The highest BCUT2D eigenvalue weighted by atomic mass is 79.9. The smallest absolute Gasteiger partial charge is 0.295 e. The maximum atomic E-state index is 13.3. The van der Waals surface area contributed by atoms with E-state index in [-0.39, 0.29) is 6.54 Å². The molecule has 1 N–H and O–H groups in total. The van der Waals surface area contributed by atoms with E-state index in [0.29, 0.717) is 5.56 Å². The van der Waals surface area contributed by atoms with E-state index >= 15 is 0 Å². The van der Waals surface area contributed by atoms with Crippen LogP contribution in [-0.2, 0) is 6.54 Å². The van der Waals surface area contributed by atoms with Gasteiger partial charge in [-0.15, -0.1) is 0 Å². The highest BCUT2D eigenvalue weighted by Gasteiger charge is 2.12. The maximum Gasteiger partial charge on any atom is 0.329 e. The molecule has 0 aliphatic heterocycles. The predicted molar refractivity (Wildman–Crippen MR) is 69.5 cm³/mol. The van der Waals surface area contributed by atoms with E-state index in [9.17, 15) is 14.0 Å². The molecule has 94 valence electrons. The van der Waals surface area contributed by atoms with Crippen molar-refractivity contribution in [1.29, 1.82) is 0 Å². The number of rotatable bonds is 2. The molecule has 2 rings (SSSR count). The fourth-order valence-electron chi connectivity index (χ4n) is 1.48. The first kappa shape index (κ1) is 13.0. The van der Waals surface area contributed by atoms with Gasteiger partial charge in [0.25, 0.3) is 5.56 Å². The summed E-state index contributed by atoms with van der Waals surface area (Å²) in [7, 11) is 0. The molecule has 0 bridgehead atoms. The van der Waals surface area contributed by atoms with Crippen LogP contribution < -0.4 is 11.2 Å². The van der Waals surface area contributed by atoms with Crippen molar-refractivity contribution in [1.82, 2.24) is 9.55 Å². The molecule has 0 fully saturated rings. The number of aromatic nitrogens is 2. The topological polar surface area (TPSA) is 54.9 Å².